The van der Waals surface area contributed by atoms with Gasteiger partial charge in [-0.25, -0.2) is 9.55 Å². The SMILES string of the molecule is CCCCCCCC[n+]1cc[nH]c1C(CCCCCC)C(C)(Cc1ccccc1)c1ccccc1. The van der Waals surface area contributed by atoms with E-state index in [0.29, 0.717) is 5.92 Å². The number of rotatable bonds is 17. The Bertz CT molecular complexity index is 930. The maximum Gasteiger partial charge on any atom is 0.258 e. The first kappa shape index (κ1) is 27.2. The van der Waals surface area contributed by atoms with Gasteiger partial charge in [0.05, 0.1) is 12.5 Å². The summed E-state index contributed by atoms with van der Waals surface area (Å²) in [5.41, 5.74) is 2.89. The molecule has 0 amide bonds. The lowest BCUT2D eigenvalue weighted by Gasteiger charge is -2.37. The summed E-state index contributed by atoms with van der Waals surface area (Å²) in [5.74, 6) is 1.86. The number of unbranched alkanes of at least 4 members (excludes halogenated alkanes) is 8. The first-order valence-electron chi connectivity index (χ1n) is 14.3. The van der Waals surface area contributed by atoms with Gasteiger partial charge in [0, 0.05) is 5.41 Å². The topological polar surface area (TPSA) is 19.7 Å². The predicted octanol–water partition coefficient (Wildman–Crippen LogP) is 8.92. The van der Waals surface area contributed by atoms with Crippen molar-refractivity contribution in [2.24, 2.45) is 0 Å². The van der Waals surface area contributed by atoms with Crippen LogP contribution in [-0.4, -0.2) is 4.98 Å². The van der Waals surface area contributed by atoms with Crippen LogP contribution in [0.2, 0.25) is 0 Å². The highest BCUT2D eigenvalue weighted by atomic mass is 15.1. The van der Waals surface area contributed by atoms with Gasteiger partial charge < -0.3 is 0 Å². The second-order valence-electron chi connectivity index (χ2n) is 10.7. The van der Waals surface area contributed by atoms with Crippen molar-refractivity contribution in [2.45, 2.75) is 116 Å². The van der Waals surface area contributed by atoms with Crippen LogP contribution in [0.15, 0.2) is 73.1 Å². The maximum atomic E-state index is 3.73. The molecule has 0 aliphatic heterocycles. The van der Waals surface area contributed by atoms with Crippen LogP contribution >= 0.6 is 0 Å². The third-order valence-electron chi connectivity index (χ3n) is 7.84. The Morgan fingerprint density at radius 2 is 1.34 bits per heavy atom. The molecule has 2 aromatic carbocycles. The lowest BCUT2D eigenvalue weighted by molar-refractivity contribution is -0.705. The van der Waals surface area contributed by atoms with Crippen LogP contribution in [0, 0.1) is 0 Å². The lowest BCUT2D eigenvalue weighted by atomic mass is 9.66. The molecule has 35 heavy (non-hydrogen) atoms. The van der Waals surface area contributed by atoms with E-state index in [2.05, 4.69) is 103 Å². The van der Waals surface area contributed by atoms with Gasteiger partial charge in [-0.3, -0.25) is 0 Å². The third kappa shape index (κ3) is 8.09. The number of aromatic amines is 1. The van der Waals surface area contributed by atoms with Gasteiger partial charge in [-0.2, -0.15) is 0 Å². The van der Waals surface area contributed by atoms with Crippen molar-refractivity contribution >= 4 is 0 Å². The molecule has 0 radical (unpaired) electrons. The lowest BCUT2D eigenvalue weighted by Crippen LogP contribution is -2.43. The second-order valence-corrected chi connectivity index (χ2v) is 10.7. The van der Waals surface area contributed by atoms with E-state index in [9.17, 15) is 0 Å². The number of aryl methyl sites for hydroxylation is 1. The van der Waals surface area contributed by atoms with Crippen LogP contribution in [0.5, 0.6) is 0 Å². The minimum absolute atomic E-state index is 0.0164. The summed E-state index contributed by atoms with van der Waals surface area (Å²) in [6.45, 7) is 8.23. The Balaban J connectivity index is 1.89. The number of H-pyrrole nitrogens is 1. The molecule has 0 aliphatic carbocycles. The van der Waals surface area contributed by atoms with E-state index in [0.717, 1.165) is 13.0 Å². The molecule has 0 spiro atoms. The monoisotopic (exact) mass is 473 g/mol. The fraction of sp³-hybridized carbons (Fsp3) is 0.545. The Kier molecular flexibility index (Phi) is 11.6. The molecule has 2 atom stereocenters. The number of imidazole rings is 1. The first-order valence-corrected chi connectivity index (χ1v) is 14.3. The molecule has 3 rings (SSSR count). The van der Waals surface area contributed by atoms with Crippen molar-refractivity contribution in [1.82, 2.24) is 4.98 Å². The Labute approximate surface area is 215 Å². The van der Waals surface area contributed by atoms with Crippen LogP contribution in [0.1, 0.15) is 114 Å². The quantitative estimate of drug-likeness (QED) is 0.149. The zero-order chi connectivity index (χ0) is 24.8. The highest BCUT2D eigenvalue weighted by Crippen LogP contribution is 2.43. The van der Waals surface area contributed by atoms with E-state index in [1.54, 1.807) is 0 Å². The fourth-order valence-corrected chi connectivity index (χ4v) is 5.73. The van der Waals surface area contributed by atoms with Gasteiger partial charge in [-0.05, 0) is 36.8 Å². The molecule has 2 heteroatoms. The number of nitrogens with zero attached hydrogens (tertiary/aromatic N) is 1. The fourth-order valence-electron chi connectivity index (χ4n) is 5.73. The van der Waals surface area contributed by atoms with E-state index in [-0.39, 0.29) is 5.41 Å². The predicted molar refractivity (Wildman–Crippen MR) is 150 cm³/mol. The number of aromatic nitrogens is 2. The van der Waals surface area contributed by atoms with Crippen molar-refractivity contribution in [3.05, 3.63) is 90.0 Å². The second kappa shape index (κ2) is 14.9. The minimum atomic E-state index is 0.0164. The highest BCUT2D eigenvalue weighted by molar-refractivity contribution is 5.32. The molecule has 2 unspecified atom stereocenters. The average molecular weight is 474 g/mol. The van der Waals surface area contributed by atoms with E-state index < -0.39 is 0 Å². The van der Waals surface area contributed by atoms with E-state index in [1.165, 1.54) is 87.6 Å². The van der Waals surface area contributed by atoms with Crippen LogP contribution in [-0.2, 0) is 18.4 Å². The molecule has 0 saturated carbocycles. The Morgan fingerprint density at radius 3 is 2.03 bits per heavy atom. The van der Waals surface area contributed by atoms with Crippen molar-refractivity contribution in [3.8, 4) is 0 Å². The molecule has 1 heterocycles. The van der Waals surface area contributed by atoms with Gasteiger partial charge in [0.15, 0.2) is 0 Å². The zero-order valence-corrected chi connectivity index (χ0v) is 22.6. The standard InChI is InChI=1S/C33H48N2/c1-4-6-8-10-11-19-26-35-27-25-34-32(35)31(24-18-9-7-5-2)33(3,30-22-16-13-17-23-30)28-29-20-14-12-15-21-29/h12-17,20-23,25,27,31H,4-11,18-19,24,26,28H2,1-3H3/p+1. The largest absolute Gasteiger partial charge is 0.258 e. The molecule has 0 saturated heterocycles. The van der Waals surface area contributed by atoms with E-state index in [1.807, 2.05) is 0 Å². The summed E-state index contributed by atoms with van der Waals surface area (Å²) in [4.78, 5) is 3.73. The Hall–Kier alpha value is -2.35. The summed E-state index contributed by atoms with van der Waals surface area (Å²) in [6.07, 6.45) is 20.0. The van der Waals surface area contributed by atoms with Gasteiger partial charge in [-0.15, -0.1) is 0 Å². The van der Waals surface area contributed by atoms with E-state index >= 15 is 0 Å². The normalized spacial score (nSPS) is 14.0. The molecule has 190 valence electrons. The molecule has 3 aromatic rings. The molecule has 0 bridgehead atoms. The molecular formula is C33H49N2+. The van der Waals surface area contributed by atoms with Crippen LogP contribution in [0.4, 0.5) is 0 Å². The average Bonchev–Trinajstić information content (AvgIpc) is 3.35. The van der Waals surface area contributed by atoms with Crippen molar-refractivity contribution in [1.29, 1.82) is 0 Å². The minimum Gasteiger partial charge on any atom is -0.247 e. The first-order chi connectivity index (χ1) is 17.2. The van der Waals surface area contributed by atoms with Gasteiger partial charge in [-0.1, -0.05) is 133 Å². The van der Waals surface area contributed by atoms with Crippen LogP contribution in [0.25, 0.3) is 0 Å². The molecule has 0 fully saturated rings. The third-order valence-corrected chi connectivity index (χ3v) is 7.84. The van der Waals surface area contributed by atoms with E-state index in [4.69, 9.17) is 0 Å². The number of benzene rings is 2. The van der Waals surface area contributed by atoms with Gasteiger partial charge in [0.1, 0.15) is 12.4 Å². The highest BCUT2D eigenvalue weighted by Gasteiger charge is 2.41. The summed E-state index contributed by atoms with van der Waals surface area (Å²) in [6, 6.07) is 22.4. The molecule has 0 aliphatic rings. The smallest absolute Gasteiger partial charge is 0.247 e. The number of hydrogen-bond acceptors (Lipinski definition) is 0. The summed E-state index contributed by atoms with van der Waals surface area (Å²) in [7, 11) is 0. The van der Waals surface area contributed by atoms with Gasteiger partial charge >= 0.3 is 0 Å². The van der Waals surface area contributed by atoms with Crippen LogP contribution in [0.3, 0.4) is 0 Å². The number of nitrogens with one attached hydrogen (secondary N) is 1. The zero-order valence-electron chi connectivity index (χ0n) is 22.6. The summed E-state index contributed by atoms with van der Waals surface area (Å²) in [5, 5.41) is 0. The van der Waals surface area contributed by atoms with Crippen molar-refractivity contribution in [2.75, 3.05) is 0 Å². The van der Waals surface area contributed by atoms with Crippen molar-refractivity contribution < 1.29 is 4.57 Å². The summed E-state index contributed by atoms with van der Waals surface area (Å²) >= 11 is 0. The summed E-state index contributed by atoms with van der Waals surface area (Å²) < 4.78 is 2.54. The molecule has 1 aromatic heterocycles. The van der Waals surface area contributed by atoms with Crippen LogP contribution < -0.4 is 4.57 Å². The van der Waals surface area contributed by atoms with Crippen molar-refractivity contribution in [3.63, 3.8) is 0 Å². The molecule has 1 N–H and O–H groups in total. The molecular weight excluding hydrogens is 424 g/mol. The van der Waals surface area contributed by atoms with Gasteiger partial charge in [0.2, 0.25) is 0 Å². The Morgan fingerprint density at radius 1 is 0.743 bits per heavy atom. The maximum absolute atomic E-state index is 3.73. The molecule has 2 nitrogen and oxygen atoms in total. The number of hydrogen-bond donors (Lipinski definition) is 1. The van der Waals surface area contributed by atoms with Gasteiger partial charge in [0.25, 0.3) is 5.82 Å².